The van der Waals surface area contributed by atoms with E-state index in [9.17, 15) is 134 Å². The molecule has 0 radical (unpaired) electrons. The average Bonchev–Trinajstić information content (AvgIpc) is 0.810. The Bertz CT molecular complexity index is 4210. The van der Waals surface area contributed by atoms with Crippen LogP contribution in [-0.2, 0) is 66.7 Å². The fourth-order valence-electron chi connectivity index (χ4n) is 10.8. The van der Waals surface area contributed by atoms with Crippen molar-refractivity contribution >= 4 is 122 Å². The molecule has 0 aliphatic carbocycles. The lowest BCUT2D eigenvalue weighted by molar-refractivity contribution is -0.140. The third-order valence-corrected chi connectivity index (χ3v) is 19.8. The number of nitrogens with one attached hydrogen (secondary N) is 11. The van der Waals surface area contributed by atoms with E-state index >= 15 is 0 Å². The van der Waals surface area contributed by atoms with E-state index in [0.29, 0.717) is 22.6 Å². The molecule has 0 aliphatic rings. The van der Waals surface area contributed by atoms with Gasteiger partial charge in [-0.2, -0.15) is 4.98 Å². The molecule has 0 bridgehead atoms. The summed E-state index contributed by atoms with van der Waals surface area (Å²) in [5.41, 5.74) is 6.34. The quantitative estimate of drug-likeness (QED) is 0.00977. The number of carbonyl (C=O) groups excluding carboxylic acids is 10. The van der Waals surface area contributed by atoms with Crippen molar-refractivity contribution in [1.82, 2.24) is 77.8 Å². The molecule has 0 aliphatic heterocycles. The number of carbonyl (C=O) groups is 12. The Morgan fingerprint density at radius 1 is 0.538 bits per heavy atom. The topological polar surface area (TPSA) is 732 Å². The number of fused-ring (bicyclic) bond motifs is 1. The van der Waals surface area contributed by atoms with Crippen molar-refractivity contribution in [2.75, 3.05) is 43.1 Å². The second-order valence-electron chi connectivity index (χ2n) is 27.3. The zero-order valence-corrected chi connectivity index (χ0v) is 65.1. The van der Waals surface area contributed by atoms with Crippen molar-refractivity contribution in [2.24, 2.45) is 5.92 Å². The Labute approximate surface area is 675 Å². The van der Waals surface area contributed by atoms with Crippen LogP contribution in [0.1, 0.15) is 116 Å². The molecule has 9 amide bonds. The van der Waals surface area contributed by atoms with Gasteiger partial charge in [0.05, 0.1) is 73.9 Å². The van der Waals surface area contributed by atoms with E-state index in [1.807, 2.05) is 13.8 Å². The summed E-state index contributed by atoms with van der Waals surface area (Å²) < 4.78 is 0. The maximum atomic E-state index is 14.5. The van der Waals surface area contributed by atoms with Gasteiger partial charge in [0, 0.05) is 68.0 Å². The number of Topliss-reactive ketones (excluding diaryl/α,β-unsaturated/α-hetero) is 1. The minimum Gasteiger partial charge on any atom is -0.481 e. The number of aromatic amines is 1. The van der Waals surface area contributed by atoms with Crippen LogP contribution in [0.5, 0.6) is 0 Å². The molecule has 0 spiro atoms. The highest BCUT2D eigenvalue weighted by Crippen LogP contribution is 2.26. The number of hydrogen-bond donors (Lipinski definition) is 26. The summed E-state index contributed by atoms with van der Waals surface area (Å²) in [7, 11) is 0.215. The van der Waals surface area contributed by atoms with Gasteiger partial charge in [0.2, 0.25) is 47.3 Å². The van der Waals surface area contributed by atoms with Crippen LogP contribution in [0.25, 0.3) is 11.2 Å². The minimum atomic E-state index is -2.14. The highest BCUT2D eigenvalue weighted by molar-refractivity contribution is 8.76. The van der Waals surface area contributed by atoms with Crippen LogP contribution in [-0.4, -0.2) is 302 Å². The van der Waals surface area contributed by atoms with Crippen molar-refractivity contribution in [3.63, 3.8) is 0 Å². The van der Waals surface area contributed by atoms with E-state index in [4.69, 9.17) is 5.73 Å². The first-order valence-electron chi connectivity index (χ1n) is 36.5. The summed E-state index contributed by atoms with van der Waals surface area (Å²) in [5.74, 6) is -14.7. The van der Waals surface area contributed by atoms with Gasteiger partial charge in [-0.25, -0.2) is 19.7 Å². The second-order valence-corrected chi connectivity index (χ2v) is 29.8. The number of nitrogens with two attached hydrogens (primary N) is 1. The average molecular weight is 1680 g/mol. The number of rotatable bonds is 52. The summed E-state index contributed by atoms with van der Waals surface area (Å²) in [5, 5.41) is 164. The fraction of sp³-hybridized carbons (Fsp3) is 0.514. The predicted molar refractivity (Wildman–Crippen MR) is 415 cm³/mol. The Morgan fingerprint density at radius 3 is 1.56 bits per heavy atom. The lowest BCUT2D eigenvalue weighted by Crippen LogP contribution is -2.58. The number of hydrogen-bond acceptors (Lipinski definition) is 34. The Morgan fingerprint density at radius 2 is 1.04 bits per heavy atom. The highest BCUT2D eigenvalue weighted by atomic mass is 33.1. The van der Waals surface area contributed by atoms with E-state index in [1.54, 1.807) is 30.3 Å². The van der Waals surface area contributed by atoms with E-state index in [1.165, 1.54) is 36.7 Å². The Kier molecular flexibility index (Phi) is 40.5. The van der Waals surface area contributed by atoms with Crippen molar-refractivity contribution in [3.05, 3.63) is 112 Å². The molecule has 47 heteroatoms. The van der Waals surface area contributed by atoms with E-state index in [-0.39, 0.29) is 65.2 Å². The summed E-state index contributed by atoms with van der Waals surface area (Å²) in [6, 6.07) is 4.00. The molecule has 27 N–H and O–H groups in total. The minimum absolute atomic E-state index is 0.00873. The number of ketones is 1. The standard InChI is InChI=1S/C70H98BN17O27S2/c1-33(2)21-51(71(114)115)86-66(109)44(22-35-7-5-4-6-8-35)84-67(110)45-26-74-39(25-75-45)31-116-117-32-46(34(3)91)85-65(108)41(14-18-53(97)77-28-48(93)58(102)60(104)50(95)30-90)81-64(107)42(16-20-55(99)100)82-63(106)40(13-17-52(96)76-27-47(92)57(101)59(103)49(94)29-89)80-54(98)19-15-43(69(112)113)83-62(105)36-9-11-37(12-10-36)73-23-38-24-78-61-56(79-38)68(111)88-70(72)87-61/h4-12,24-26,33,40-44,46-51,57-60,73,89-90,92-95,101-104,114-115H,13-23,27-32H2,1-3H3,(H,76,96)(H,77,97)(H,80,98)(H,81,107)(H,82,106)(H,83,105)(H,84,110)(H,85,108)(H,86,109)(H,99,100)(H,112,113)(H3,72,78,87,88,111)/t40-,41-,42-,43-,44-,46-,47-,48-,49+,50+,51-,57+,58+,59+,60+/m0/s1. The Hall–Kier alpha value is -10.5. The van der Waals surface area contributed by atoms with Crippen LogP contribution in [0, 0.1) is 5.92 Å². The van der Waals surface area contributed by atoms with Gasteiger partial charge in [0.1, 0.15) is 72.5 Å². The van der Waals surface area contributed by atoms with Crippen molar-refractivity contribution in [2.45, 2.75) is 188 Å². The number of aromatic nitrogens is 6. The number of aliphatic hydroxyl groups excluding tert-OH is 10. The maximum Gasteiger partial charge on any atom is 0.475 e. The zero-order valence-electron chi connectivity index (χ0n) is 63.5. The van der Waals surface area contributed by atoms with Crippen LogP contribution >= 0.6 is 21.6 Å². The number of amides is 9. The molecular weight excluding hydrogens is 1590 g/mol. The van der Waals surface area contributed by atoms with Gasteiger partial charge >= 0.3 is 19.1 Å². The van der Waals surface area contributed by atoms with Gasteiger partial charge in [0.15, 0.2) is 16.9 Å². The molecule has 5 rings (SSSR count). The largest absolute Gasteiger partial charge is 0.481 e. The number of aliphatic carboxylic acids is 2. The second kappa shape index (κ2) is 48.9. The molecule has 117 heavy (non-hydrogen) atoms. The predicted octanol–water partition coefficient (Wildman–Crippen LogP) is -7.82. The molecule has 15 atom stereocenters. The Balaban J connectivity index is 1.33. The molecule has 44 nitrogen and oxygen atoms in total. The number of nitrogens with zero attached hydrogens (tertiary/aromatic N) is 5. The molecule has 0 unspecified atom stereocenters. The van der Waals surface area contributed by atoms with E-state index in [2.05, 4.69) is 83.1 Å². The van der Waals surface area contributed by atoms with Gasteiger partial charge in [0.25, 0.3) is 17.4 Å². The lowest BCUT2D eigenvalue weighted by Gasteiger charge is -2.27. The van der Waals surface area contributed by atoms with Gasteiger partial charge in [-0.1, -0.05) is 65.8 Å². The summed E-state index contributed by atoms with van der Waals surface area (Å²) in [6.07, 6.45) is -18.4. The smallest absolute Gasteiger partial charge is 0.475 e. The number of carboxylic acid groups (broad SMARTS) is 2. The summed E-state index contributed by atoms with van der Waals surface area (Å²) >= 11 is 0. The fourth-order valence-corrected chi connectivity index (χ4v) is 13.0. The van der Waals surface area contributed by atoms with Crippen LogP contribution in [0.15, 0.2) is 78.0 Å². The molecule has 0 saturated heterocycles. The molecule has 3 heterocycles. The van der Waals surface area contributed by atoms with Gasteiger partial charge in [-0.3, -0.25) is 67.5 Å². The third kappa shape index (κ3) is 33.2. The first-order chi connectivity index (χ1) is 55.4. The SMILES string of the molecule is CC(=O)[C@H](CSSCc1cnc(C(=O)N[C@@H](Cc2ccccc2)C(=O)N[C@@H](CC(C)C)B(O)O)cn1)NC(=O)[C@H](CCC(=O)NC[C@H](O)[C@@H](O)[C@H](O)[C@H](O)CO)NC(=O)[C@H](CCC(=O)O)NC(=O)[C@H](CCC(=O)NC[C@H](O)[C@@H](O)[C@H](O)[C@H](O)CO)NC(=O)CC[C@H](NC(=O)c1ccc(NCc2cnc3nc(N)[nH]c(=O)c3n2)cc1)C(=O)O. The monoisotopic (exact) mass is 1680 g/mol. The number of nitrogen functional groups attached to an aromatic ring is 1. The number of H-pyrrole nitrogens is 1. The first kappa shape index (κ1) is 97.0. The van der Waals surface area contributed by atoms with E-state index < -0.39 is 252 Å². The first-order valence-corrected chi connectivity index (χ1v) is 38.9. The van der Waals surface area contributed by atoms with Crippen LogP contribution in [0.4, 0.5) is 11.6 Å². The number of benzene rings is 2. The zero-order chi connectivity index (χ0) is 86.8. The molecule has 640 valence electrons. The van der Waals surface area contributed by atoms with Crippen LogP contribution < -0.4 is 64.5 Å². The van der Waals surface area contributed by atoms with Crippen LogP contribution in [0.2, 0.25) is 0 Å². The normalized spacial score (nSPS) is 15.2. The van der Waals surface area contributed by atoms with Gasteiger partial charge in [-0.05, 0) is 74.8 Å². The van der Waals surface area contributed by atoms with Crippen molar-refractivity contribution in [3.8, 4) is 0 Å². The number of carboxylic acids is 2. The molecular formula is C70H98BN17O27S2. The molecule has 5 aromatic rings. The molecule has 0 fully saturated rings. The van der Waals surface area contributed by atoms with Crippen molar-refractivity contribution < 1.29 is 129 Å². The number of anilines is 2. The highest BCUT2D eigenvalue weighted by Gasteiger charge is 2.37. The summed E-state index contributed by atoms with van der Waals surface area (Å²) in [6.45, 7) is 1.06. The molecule has 3 aromatic heterocycles. The van der Waals surface area contributed by atoms with E-state index in [0.717, 1.165) is 34.7 Å². The van der Waals surface area contributed by atoms with Crippen molar-refractivity contribution in [1.29, 1.82) is 0 Å². The summed E-state index contributed by atoms with van der Waals surface area (Å²) in [4.78, 5) is 198. The maximum absolute atomic E-state index is 14.5. The molecule has 2 aromatic carbocycles. The lowest BCUT2D eigenvalue weighted by atomic mass is 9.75. The van der Waals surface area contributed by atoms with Gasteiger partial charge < -0.3 is 130 Å². The van der Waals surface area contributed by atoms with Crippen LogP contribution in [0.3, 0.4) is 0 Å². The molecule has 0 saturated carbocycles. The van der Waals surface area contributed by atoms with Gasteiger partial charge in [-0.15, -0.1) is 0 Å². The third-order valence-electron chi connectivity index (χ3n) is 17.5. The number of aliphatic hydroxyl groups is 10.